The van der Waals surface area contributed by atoms with E-state index < -0.39 is 30.9 Å². The van der Waals surface area contributed by atoms with Crippen molar-refractivity contribution in [3.63, 3.8) is 0 Å². The Balaban J connectivity index is 0.00000256. The molecule has 1 aliphatic heterocycles. The maximum Gasteiger partial charge on any atom is 0.409 e. The highest BCUT2D eigenvalue weighted by molar-refractivity contribution is 5.85. The molecule has 0 bridgehead atoms. The molecule has 1 aliphatic rings. The Labute approximate surface area is 105 Å². The monoisotopic (exact) mass is 268 g/mol. The standard InChI is InChI=1S/C9H16N2O5.ClH/c1-16-8(13)6(5-12)11(9(14)15)7-3-2-4-10-7;/h6-7,10,12H,2-5H2,1H3,(H,14,15);1H/t6-,7-;/m0./s1. The second-order valence-electron chi connectivity index (χ2n) is 3.52. The summed E-state index contributed by atoms with van der Waals surface area (Å²) >= 11 is 0. The van der Waals surface area contributed by atoms with Crippen molar-refractivity contribution in [2.24, 2.45) is 0 Å². The van der Waals surface area contributed by atoms with Crippen molar-refractivity contribution < 1.29 is 24.5 Å². The number of esters is 1. The highest BCUT2D eigenvalue weighted by atomic mass is 35.5. The molecule has 17 heavy (non-hydrogen) atoms. The summed E-state index contributed by atoms with van der Waals surface area (Å²) in [5.74, 6) is -0.751. The van der Waals surface area contributed by atoms with Gasteiger partial charge in [-0.15, -0.1) is 12.4 Å². The van der Waals surface area contributed by atoms with E-state index in [1.807, 2.05) is 0 Å². The third kappa shape index (κ3) is 3.72. The lowest BCUT2D eigenvalue weighted by atomic mass is 10.2. The number of methoxy groups -OCH3 is 1. The molecule has 0 unspecified atom stereocenters. The van der Waals surface area contributed by atoms with Crippen molar-refractivity contribution >= 4 is 24.5 Å². The van der Waals surface area contributed by atoms with Crippen LogP contribution >= 0.6 is 12.4 Å². The summed E-state index contributed by atoms with van der Waals surface area (Å²) in [4.78, 5) is 23.3. The van der Waals surface area contributed by atoms with E-state index in [0.29, 0.717) is 13.0 Å². The Hall–Kier alpha value is -1.05. The minimum atomic E-state index is -1.25. The van der Waals surface area contributed by atoms with E-state index in [9.17, 15) is 9.59 Å². The van der Waals surface area contributed by atoms with Gasteiger partial charge in [-0.3, -0.25) is 10.2 Å². The number of aliphatic hydroxyl groups is 1. The first-order valence-electron chi connectivity index (χ1n) is 5.05. The molecule has 1 amide bonds. The predicted molar refractivity (Wildman–Crippen MR) is 61.0 cm³/mol. The molecule has 7 nitrogen and oxygen atoms in total. The Kier molecular flexibility index (Phi) is 6.86. The van der Waals surface area contributed by atoms with Gasteiger partial charge in [0.05, 0.1) is 19.9 Å². The summed E-state index contributed by atoms with van der Waals surface area (Å²) < 4.78 is 4.46. The molecule has 0 spiro atoms. The van der Waals surface area contributed by atoms with E-state index in [1.54, 1.807) is 0 Å². The molecule has 0 aromatic heterocycles. The number of hydrogen-bond donors (Lipinski definition) is 3. The van der Waals surface area contributed by atoms with Gasteiger partial charge in [0.2, 0.25) is 0 Å². The third-order valence-electron chi connectivity index (χ3n) is 2.57. The molecule has 1 heterocycles. The summed E-state index contributed by atoms with van der Waals surface area (Å²) in [7, 11) is 1.16. The summed E-state index contributed by atoms with van der Waals surface area (Å²) in [6, 6.07) is -1.17. The topological polar surface area (TPSA) is 99.1 Å². The van der Waals surface area contributed by atoms with Crippen LogP contribution in [0.3, 0.4) is 0 Å². The van der Waals surface area contributed by atoms with Crippen LogP contribution in [0.4, 0.5) is 4.79 Å². The number of nitrogens with one attached hydrogen (secondary N) is 1. The number of hydrogen-bond acceptors (Lipinski definition) is 5. The van der Waals surface area contributed by atoms with Crippen molar-refractivity contribution in [2.75, 3.05) is 20.3 Å². The third-order valence-corrected chi connectivity index (χ3v) is 2.57. The Bertz CT molecular complexity index is 270. The fourth-order valence-corrected chi connectivity index (χ4v) is 1.80. The molecule has 1 saturated heterocycles. The van der Waals surface area contributed by atoms with Crippen LogP contribution in [-0.2, 0) is 9.53 Å². The number of amides is 1. The van der Waals surface area contributed by atoms with Gasteiger partial charge >= 0.3 is 12.1 Å². The van der Waals surface area contributed by atoms with E-state index in [4.69, 9.17) is 10.2 Å². The van der Waals surface area contributed by atoms with E-state index in [-0.39, 0.29) is 12.4 Å². The first-order chi connectivity index (χ1) is 7.61. The zero-order valence-corrected chi connectivity index (χ0v) is 10.3. The first-order valence-corrected chi connectivity index (χ1v) is 5.05. The molecule has 0 aromatic rings. The Morgan fingerprint density at radius 2 is 2.24 bits per heavy atom. The van der Waals surface area contributed by atoms with Gasteiger partial charge in [0.1, 0.15) is 0 Å². The van der Waals surface area contributed by atoms with Gasteiger partial charge in [0.25, 0.3) is 0 Å². The summed E-state index contributed by atoms with van der Waals surface area (Å²) in [5.41, 5.74) is 0. The second kappa shape index (κ2) is 7.31. The van der Waals surface area contributed by atoms with E-state index in [1.165, 1.54) is 0 Å². The van der Waals surface area contributed by atoms with Gasteiger partial charge in [0.15, 0.2) is 6.04 Å². The molecular weight excluding hydrogens is 252 g/mol. The number of carboxylic acid groups (broad SMARTS) is 1. The average molecular weight is 269 g/mol. The lowest BCUT2D eigenvalue weighted by Crippen LogP contribution is -2.55. The lowest BCUT2D eigenvalue weighted by molar-refractivity contribution is -0.148. The van der Waals surface area contributed by atoms with Gasteiger partial charge in [-0.05, 0) is 19.4 Å². The van der Waals surface area contributed by atoms with E-state index in [0.717, 1.165) is 18.4 Å². The maximum atomic E-state index is 11.3. The van der Waals surface area contributed by atoms with Crippen LogP contribution < -0.4 is 5.32 Å². The van der Waals surface area contributed by atoms with Gasteiger partial charge in [-0.2, -0.15) is 0 Å². The number of carbonyl (C=O) groups is 2. The molecular formula is C9H17ClN2O5. The highest BCUT2D eigenvalue weighted by Gasteiger charge is 2.36. The molecule has 0 radical (unpaired) electrons. The number of nitrogens with zero attached hydrogens (tertiary/aromatic N) is 1. The molecule has 8 heteroatoms. The molecule has 0 aromatic carbocycles. The molecule has 2 atom stereocenters. The van der Waals surface area contributed by atoms with Gasteiger partial charge in [0, 0.05) is 0 Å². The summed E-state index contributed by atoms with van der Waals surface area (Å²) in [6.45, 7) is 0.116. The average Bonchev–Trinajstić information content (AvgIpc) is 2.77. The molecule has 1 fully saturated rings. The fourth-order valence-electron chi connectivity index (χ4n) is 1.80. The molecule has 0 saturated carbocycles. The van der Waals surface area contributed by atoms with Crippen LogP contribution in [-0.4, -0.2) is 59.6 Å². The minimum Gasteiger partial charge on any atom is -0.467 e. The van der Waals surface area contributed by atoms with E-state index in [2.05, 4.69) is 10.1 Å². The molecule has 3 N–H and O–H groups in total. The summed E-state index contributed by atoms with van der Waals surface area (Å²) in [6.07, 6.45) is -0.217. The number of halogens is 1. The smallest absolute Gasteiger partial charge is 0.409 e. The highest BCUT2D eigenvalue weighted by Crippen LogP contribution is 2.15. The molecule has 0 aliphatic carbocycles. The van der Waals surface area contributed by atoms with Gasteiger partial charge in [-0.1, -0.05) is 0 Å². The predicted octanol–water partition coefficient (Wildman–Crippen LogP) is -0.368. The van der Waals surface area contributed by atoms with Gasteiger partial charge < -0.3 is 14.9 Å². The van der Waals surface area contributed by atoms with Crippen LogP contribution in [0.1, 0.15) is 12.8 Å². The van der Waals surface area contributed by atoms with Crippen molar-refractivity contribution in [1.29, 1.82) is 0 Å². The second-order valence-corrected chi connectivity index (χ2v) is 3.52. The van der Waals surface area contributed by atoms with Crippen LogP contribution in [0.25, 0.3) is 0 Å². The maximum absolute atomic E-state index is 11.3. The zero-order chi connectivity index (χ0) is 12.1. The number of ether oxygens (including phenoxy) is 1. The number of rotatable bonds is 4. The molecule has 1 rings (SSSR count). The fraction of sp³-hybridized carbons (Fsp3) is 0.778. The lowest BCUT2D eigenvalue weighted by Gasteiger charge is -2.31. The normalized spacial score (nSPS) is 20.2. The van der Waals surface area contributed by atoms with Gasteiger partial charge in [-0.25, -0.2) is 9.59 Å². The van der Waals surface area contributed by atoms with Crippen LogP contribution in [0.15, 0.2) is 0 Å². The van der Waals surface area contributed by atoms with E-state index >= 15 is 0 Å². The summed E-state index contributed by atoms with van der Waals surface area (Å²) in [5, 5.41) is 21.1. The van der Waals surface area contributed by atoms with Crippen LogP contribution in [0, 0.1) is 0 Å². The quantitative estimate of drug-likeness (QED) is 0.602. The van der Waals surface area contributed by atoms with Crippen LogP contribution in [0.2, 0.25) is 0 Å². The van der Waals surface area contributed by atoms with Crippen LogP contribution in [0.5, 0.6) is 0 Å². The molecule has 100 valence electrons. The minimum absolute atomic E-state index is 0. The number of carbonyl (C=O) groups excluding carboxylic acids is 1. The zero-order valence-electron chi connectivity index (χ0n) is 9.46. The van der Waals surface area contributed by atoms with Crippen molar-refractivity contribution in [1.82, 2.24) is 10.2 Å². The van der Waals surface area contributed by atoms with Crippen molar-refractivity contribution in [2.45, 2.75) is 25.0 Å². The SMILES string of the molecule is COC(=O)[C@H](CO)N(C(=O)O)[C@H]1CCCN1.Cl. The van der Waals surface area contributed by atoms with Crippen molar-refractivity contribution in [3.05, 3.63) is 0 Å². The Morgan fingerprint density at radius 1 is 1.59 bits per heavy atom. The Morgan fingerprint density at radius 3 is 2.59 bits per heavy atom. The largest absolute Gasteiger partial charge is 0.467 e. The van der Waals surface area contributed by atoms with Crippen molar-refractivity contribution in [3.8, 4) is 0 Å². The first kappa shape index (κ1) is 16.0. The number of aliphatic hydroxyl groups excluding tert-OH is 1.